The van der Waals surface area contributed by atoms with Gasteiger partial charge in [-0.05, 0) is 24.1 Å². The Hall–Kier alpha value is -1.84. The summed E-state index contributed by atoms with van der Waals surface area (Å²) in [5.41, 5.74) is 0.860. The molecule has 1 aromatic carbocycles. The maximum absolute atomic E-state index is 11.4. The second kappa shape index (κ2) is 7.48. The third kappa shape index (κ3) is 5.48. The number of unbranched alkanes of at least 4 members (excludes halogenated alkanes) is 1. The van der Waals surface area contributed by atoms with E-state index in [1.807, 2.05) is 6.92 Å². The van der Waals surface area contributed by atoms with Crippen molar-refractivity contribution in [2.24, 2.45) is 0 Å². The molecule has 0 saturated carbocycles. The molecule has 0 amide bonds. The van der Waals surface area contributed by atoms with Crippen molar-refractivity contribution in [1.82, 2.24) is 0 Å². The summed E-state index contributed by atoms with van der Waals surface area (Å²) in [6, 6.07) is 6.93. The molecule has 1 aromatic rings. The highest BCUT2D eigenvalue weighted by Gasteiger charge is 2.04. The lowest BCUT2D eigenvalue weighted by Crippen LogP contribution is -2.07. The molecular weight excluding hydrogens is 232 g/mol. The molecule has 1 rings (SSSR count). The first kappa shape index (κ1) is 14.2. The lowest BCUT2D eigenvalue weighted by molar-refractivity contribution is -0.142. The maximum atomic E-state index is 11.4. The van der Waals surface area contributed by atoms with Crippen LogP contribution in [0.4, 0.5) is 0 Å². The minimum atomic E-state index is -0.315. The second-order valence-electron chi connectivity index (χ2n) is 4.00. The molecule has 18 heavy (non-hydrogen) atoms. The zero-order chi connectivity index (χ0) is 13.4. The Labute approximate surface area is 107 Å². The first-order chi connectivity index (χ1) is 8.61. The van der Waals surface area contributed by atoms with Crippen LogP contribution in [0.15, 0.2) is 24.3 Å². The molecule has 0 aromatic heterocycles. The van der Waals surface area contributed by atoms with E-state index in [4.69, 9.17) is 9.47 Å². The summed E-state index contributed by atoms with van der Waals surface area (Å²) >= 11 is 0. The Morgan fingerprint density at radius 1 is 1.17 bits per heavy atom. The summed E-state index contributed by atoms with van der Waals surface area (Å²) in [5, 5.41) is 0. The monoisotopic (exact) mass is 250 g/mol. The van der Waals surface area contributed by atoms with E-state index in [2.05, 4.69) is 0 Å². The standard InChI is InChI=1S/C14H18O4/c1-3-4-5-14(16)18-13-8-6-12(7-9-13)10-17-11(2)15/h6-9H,3-5,10H2,1-2H3. The van der Waals surface area contributed by atoms with E-state index in [-0.39, 0.29) is 18.5 Å². The third-order valence-corrected chi connectivity index (χ3v) is 2.33. The van der Waals surface area contributed by atoms with Gasteiger partial charge in [0.1, 0.15) is 12.4 Å². The highest BCUT2D eigenvalue weighted by atomic mass is 16.5. The molecule has 4 nitrogen and oxygen atoms in total. The van der Waals surface area contributed by atoms with E-state index in [9.17, 15) is 9.59 Å². The van der Waals surface area contributed by atoms with Crippen LogP contribution in [-0.4, -0.2) is 11.9 Å². The second-order valence-corrected chi connectivity index (χ2v) is 4.00. The van der Waals surface area contributed by atoms with Crippen molar-refractivity contribution in [2.75, 3.05) is 0 Å². The molecule has 0 aliphatic rings. The van der Waals surface area contributed by atoms with Gasteiger partial charge >= 0.3 is 11.9 Å². The summed E-state index contributed by atoms with van der Waals surface area (Å²) in [4.78, 5) is 22.0. The summed E-state index contributed by atoms with van der Waals surface area (Å²) in [5.74, 6) is -0.0164. The first-order valence-electron chi connectivity index (χ1n) is 6.04. The predicted molar refractivity (Wildman–Crippen MR) is 67.1 cm³/mol. The molecule has 0 heterocycles. The molecule has 98 valence electrons. The number of benzene rings is 1. The van der Waals surface area contributed by atoms with Gasteiger partial charge in [0.05, 0.1) is 0 Å². The summed E-state index contributed by atoms with van der Waals surface area (Å²) in [6.07, 6.45) is 2.24. The molecule has 0 fully saturated rings. The van der Waals surface area contributed by atoms with Gasteiger partial charge in [-0.15, -0.1) is 0 Å². The molecule has 0 aliphatic carbocycles. The first-order valence-corrected chi connectivity index (χ1v) is 6.04. The van der Waals surface area contributed by atoms with Crippen LogP contribution in [-0.2, 0) is 20.9 Å². The number of carbonyl (C=O) groups excluding carboxylic acids is 2. The van der Waals surface area contributed by atoms with E-state index < -0.39 is 0 Å². The Bertz CT molecular complexity index is 395. The summed E-state index contributed by atoms with van der Waals surface area (Å²) in [7, 11) is 0. The van der Waals surface area contributed by atoms with Gasteiger partial charge in [0.25, 0.3) is 0 Å². The molecule has 0 N–H and O–H groups in total. The lowest BCUT2D eigenvalue weighted by atomic mass is 10.2. The minimum absolute atomic E-state index is 0.218. The fourth-order valence-electron chi connectivity index (χ4n) is 1.34. The quantitative estimate of drug-likeness (QED) is 0.575. The summed E-state index contributed by atoms with van der Waals surface area (Å²) in [6.45, 7) is 3.63. The number of hydrogen-bond acceptors (Lipinski definition) is 4. The van der Waals surface area contributed by atoms with E-state index in [1.54, 1.807) is 24.3 Å². The Morgan fingerprint density at radius 3 is 2.39 bits per heavy atom. The molecule has 4 heteroatoms. The van der Waals surface area contributed by atoms with Crippen LogP contribution >= 0.6 is 0 Å². The van der Waals surface area contributed by atoms with Gasteiger partial charge in [0.2, 0.25) is 0 Å². The molecular formula is C14H18O4. The maximum Gasteiger partial charge on any atom is 0.311 e. The van der Waals surface area contributed by atoms with Gasteiger partial charge in [-0.25, -0.2) is 0 Å². The largest absolute Gasteiger partial charge is 0.461 e. The molecule has 0 unspecified atom stereocenters. The Balaban J connectivity index is 2.44. The smallest absolute Gasteiger partial charge is 0.311 e. The van der Waals surface area contributed by atoms with Crippen LogP contribution in [0.2, 0.25) is 0 Å². The van der Waals surface area contributed by atoms with Gasteiger partial charge in [-0.2, -0.15) is 0 Å². The molecule has 0 spiro atoms. The minimum Gasteiger partial charge on any atom is -0.461 e. The fourth-order valence-corrected chi connectivity index (χ4v) is 1.34. The van der Waals surface area contributed by atoms with Crippen molar-refractivity contribution >= 4 is 11.9 Å². The highest BCUT2D eigenvalue weighted by molar-refractivity contribution is 5.72. The van der Waals surface area contributed by atoms with Crippen molar-refractivity contribution in [2.45, 2.75) is 39.7 Å². The van der Waals surface area contributed by atoms with E-state index in [1.165, 1.54) is 6.92 Å². The van der Waals surface area contributed by atoms with Gasteiger partial charge in [-0.3, -0.25) is 9.59 Å². The SMILES string of the molecule is CCCCC(=O)Oc1ccc(COC(C)=O)cc1. The molecule has 0 atom stereocenters. The predicted octanol–water partition coefficient (Wildman–Crippen LogP) is 2.85. The Kier molecular flexibility index (Phi) is 5.91. The van der Waals surface area contributed by atoms with Crippen LogP contribution in [0, 0.1) is 0 Å². The van der Waals surface area contributed by atoms with Crippen molar-refractivity contribution < 1.29 is 19.1 Å². The van der Waals surface area contributed by atoms with Crippen molar-refractivity contribution in [1.29, 1.82) is 0 Å². The summed E-state index contributed by atoms with van der Waals surface area (Å²) < 4.78 is 10.0. The fraction of sp³-hybridized carbons (Fsp3) is 0.429. The molecule has 0 bridgehead atoms. The lowest BCUT2D eigenvalue weighted by Gasteiger charge is -2.05. The van der Waals surface area contributed by atoms with Crippen molar-refractivity contribution in [3.8, 4) is 5.75 Å². The van der Waals surface area contributed by atoms with Crippen molar-refractivity contribution in [3.63, 3.8) is 0 Å². The van der Waals surface area contributed by atoms with Crippen LogP contribution in [0.5, 0.6) is 5.75 Å². The van der Waals surface area contributed by atoms with Crippen molar-refractivity contribution in [3.05, 3.63) is 29.8 Å². The van der Waals surface area contributed by atoms with Gasteiger partial charge < -0.3 is 9.47 Å². The number of ether oxygens (including phenoxy) is 2. The number of carbonyl (C=O) groups is 2. The topological polar surface area (TPSA) is 52.6 Å². The normalized spacial score (nSPS) is 9.89. The average Bonchev–Trinajstić information content (AvgIpc) is 2.35. The zero-order valence-corrected chi connectivity index (χ0v) is 10.8. The van der Waals surface area contributed by atoms with Crippen LogP contribution < -0.4 is 4.74 Å². The zero-order valence-electron chi connectivity index (χ0n) is 10.8. The number of esters is 2. The van der Waals surface area contributed by atoms with Gasteiger partial charge in [0.15, 0.2) is 0 Å². The van der Waals surface area contributed by atoms with Crippen LogP contribution in [0.1, 0.15) is 38.7 Å². The molecule has 0 aliphatic heterocycles. The number of rotatable bonds is 6. The van der Waals surface area contributed by atoms with Gasteiger partial charge in [-0.1, -0.05) is 25.5 Å². The van der Waals surface area contributed by atoms with E-state index in [0.717, 1.165) is 18.4 Å². The van der Waals surface area contributed by atoms with E-state index >= 15 is 0 Å². The average molecular weight is 250 g/mol. The molecule has 0 saturated heterocycles. The number of hydrogen-bond donors (Lipinski definition) is 0. The highest BCUT2D eigenvalue weighted by Crippen LogP contribution is 2.14. The van der Waals surface area contributed by atoms with E-state index in [0.29, 0.717) is 12.2 Å². The van der Waals surface area contributed by atoms with Gasteiger partial charge in [0, 0.05) is 13.3 Å². The van der Waals surface area contributed by atoms with Crippen LogP contribution in [0.25, 0.3) is 0 Å². The third-order valence-electron chi connectivity index (χ3n) is 2.33. The Morgan fingerprint density at radius 2 is 1.83 bits per heavy atom. The molecule has 0 radical (unpaired) electrons. The van der Waals surface area contributed by atoms with Crippen LogP contribution in [0.3, 0.4) is 0 Å².